The van der Waals surface area contributed by atoms with Crippen molar-refractivity contribution in [1.82, 2.24) is 15.4 Å². The highest BCUT2D eigenvalue weighted by Gasteiger charge is 2.27. The molecule has 148 valence electrons. The van der Waals surface area contributed by atoms with Crippen LogP contribution in [0.2, 0.25) is 0 Å². The molecule has 0 spiro atoms. The number of halogens is 1. The van der Waals surface area contributed by atoms with Crippen molar-refractivity contribution in [1.29, 1.82) is 0 Å². The van der Waals surface area contributed by atoms with Crippen LogP contribution in [-0.2, 0) is 10.0 Å². The van der Waals surface area contributed by atoms with E-state index in [0.717, 1.165) is 25.9 Å². The van der Waals surface area contributed by atoms with Gasteiger partial charge in [0.1, 0.15) is 0 Å². The molecule has 1 saturated heterocycles. The van der Waals surface area contributed by atoms with E-state index in [1.54, 1.807) is 12.1 Å². The molecule has 0 bridgehead atoms. The standard InChI is InChI=1S/C18H29N3O3S.ClH/c1-14(2)12-21-25(23,24)16-6-4-15(5-7-16)17(22)20-13-18(3)8-10-19-11-9-18;/h4-7,14,19,21H,8-13H2,1-3H3,(H,20,22);1H. The van der Waals surface area contributed by atoms with E-state index in [1.165, 1.54) is 12.1 Å². The van der Waals surface area contributed by atoms with Crippen LogP contribution < -0.4 is 15.4 Å². The van der Waals surface area contributed by atoms with Gasteiger partial charge in [-0.2, -0.15) is 0 Å². The molecule has 0 saturated carbocycles. The molecule has 3 N–H and O–H groups in total. The molecular formula is C18H30ClN3O3S. The summed E-state index contributed by atoms with van der Waals surface area (Å²) in [6.07, 6.45) is 2.07. The molecule has 8 heteroatoms. The first-order valence-corrected chi connectivity index (χ1v) is 10.3. The van der Waals surface area contributed by atoms with Crippen LogP contribution in [-0.4, -0.2) is 40.5 Å². The highest BCUT2D eigenvalue weighted by molar-refractivity contribution is 7.89. The minimum atomic E-state index is -3.53. The minimum Gasteiger partial charge on any atom is -0.351 e. The number of benzene rings is 1. The molecule has 1 aromatic rings. The lowest BCUT2D eigenvalue weighted by Crippen LogP contribution is -2.42. The molecule has 2 rings (SSSR count). The van der Waals surface area contributed by atoms with Crippen molar-refractivity contribution in [3.63, 3.8) is 0 Å². The number of piperidine rings is 1. The van der Waals surface area contributed by atoms with Gasteiger partial charge in [-0.15, -0.1) is 12.4 Å². The second kappa shape index (κ2) is 9.69. The Balaban J connectivity index is 0.00000338. The molecule has 0 radical (unpaired) electrons. The maximum Gasteiger partial charge on any atom is 0.251 e. The highest BCUT2D eigenvalue weighted by atomic mass is 35.5. The van der Waals surface area contributed by atoms with E-state index in [9.17, 15) is 13.2 Å². The largest absolute Gasteiger partial charge is 0.351 e. The molecule has 1 aliphatic heterocycles. The molecule has 26 heavy (non-hydrogen) atoms. The van der Waals surface area contributed by atoms with Gasteiger partial charge in [0.25, 0.3) is 5.91 Å². The number of amides is 1. The van der Waals surface area contributed by atoms with Crippen LogP contribution in [0.3, 0.4) is 0 Å². The second-order valence-electron chi connectivity index (χ2n) is 7.51. The van der Waals surface area contributed by atoms with Gasteiger partial charge < -0.3 is 10.6 Å². The normalized spacial score (nSPS) is 16.8. The van der Waals surface area contributed by atoms with E-state index >= 15 is 0 Å². The van der Waals surface area contributed by atoms with Crippen LogP contribution in [0, 0.1) is 11.3 Å². The first-order chi connectivity index (χ1) is 11.7. The number of rotatable bonds is 7. The minimum absolute atomic E-state index is 0. The molecular weight excluding hydrogens is 374 g/mol. The van der Waals surface area contributed by atoms with Gasteiger partial charge in [0.2, 0.25) is 10.0 Å². The van der Waals surface area contributed by atoms with E-state index in [2.05, 4.69) is 22.3 Å². The number of nitrogens with one attached hydrogen (secondary N) is 3. The van der Waals surface area contributed by atoms with Crippen LogP contribution in [0.1, 0.15) is 44.0 Å². The third-order valence-corrected chi connectivity index (χ3v) is 6.03. The summed E-state index contributed by atoms with van der Waals surface area (Å²) in [4.78, 5) is 12.5. The summed E-state index contributed by atoms with van der Waals surface area (Å²) in [7, 11) is -3.53. The fourth-order valence-electron chi connectivity index (χ4n) is 2.75. The maximum atomic E-state index is 12.3. The number of carbonyl (C=O) groups excluding carboxylic acids is 1. The van der Waals surface area contributed by atoms with Crippen molar-refractivity contribution in [3.05, 3.63) is 29.8 Å². The zero-order valence-corrected chi connectivity index (χ0v) is 17.3. The van der Waals surface area contributed by atoms with Gasteiger partial charge in [0.15, 0.2) is 0 Å². The summed E-state index contributed by atoms with van der Waals surface area (Å²) in [5.74, 6) is 0.0648. The molecule has 0 aliphatic carbocycles. The van der Waals surface area contributed by atoms with Crippen LogP contribution in [0.25, 0.3) is 0 Å². The summed E-state index contributed by atoms with van der Waals surface area (Å²) < 4.78 is 26.9. The summed E-state index contributed by atoms with van der Waals surface area (Å²) in [6.45, 7) is 9.04. The van der Waals surface area contributed by atoms with Crippen LogP contribution >= 0.6 is 12.4 Å². The van der Waals surface area contributed by atoms with E-state index in [1.807, 2.05) is 13.8 Å². The summed E-state index contributed by atoms with van der Waals surface area (Å²) >= 11 is 0. The number of carbonyl (C=O) groups is 1. The van der Waals surface area contributed by atoms with Crippen molar-refractivity contribution < 1.29 is 13.2 Å². The van der Waals surface area contributed by atoms with Crippen molar-refractivity contribution in [3.8, 4) is 0 Å². The van der Waals surface area contributed by atoms with Gasteiger partial charge in [0.05, 0.1) is 4.90 Å². The van der Waals surface area contributed by atoms with Crippen molar-refractivity contribution in [2.45, 2.75) is 38.5 Å². The predicted octanol–water partition coefficient (Wildman–Crippen LogP) is 2.16. The molecule has 1 aromatic carbocycles. The average molecular weight is 404 g/mol. The van der Waals surface area contributed by atoms with Gasteiger partial charge >= 0.3 is 0 Å². The zero-order valence-electron chi connectivity index (χ0n) is 15.7. The van der Waals surface area contributed by atoms with E-state index in [0.29, 0.717) is 18.7 Å². The Kier molecular flexibility index (Phi) is 8.53. The number of hydrogen-bond acceptors (Lipinski definition) is 4. The Morgan fingerprint density at radius 3 is 2.31 bits per heavy atom. The van der Waals surface area contributed by atoms with Gasteiger partial charge in [-0.3, -0.25) is 4.79 Å². The van der Waals surface area contributed by atoms with Gasteiger partial charge in [-0.25, -0.2) is 13.1 Å². The smallest absolute Gasteiger partial charge is 0.251 e. The number of hydrogen-bond donors (Lipinski definition) is 3. The lowest BCUT2D eigenvalue weighted by molar-refractivity contribution is 0.0922. The monoisotopic (exact) mass is 403 g/mol. The molecule has 1 aliphatic rings. The zero-order chi connectivity index (χ0) is 18.5. The summed E-state index contributed by atoms with van der Waals surface area (Å²) in [5.41, 5.74) is 0.589. The van der Waals surface area contributed by atoms with Crippen molar-refractivity contribution in [2.24, 2.45) is 11.3 Å². The van der Waals surface area contributed by atoms with E-state index in [-0.39, 0.29) is 34.5 Å². The molecule has 1 fully saturated rings. The Morgan fingerprint density at radius 1 is 1.19 bits per heavy atom. The predicted molar refractivity (Wildman–Crippen MR) is 106 cm³/mol. The van der Waals surface area contributed by atoms with Gasteiger partial charge in [-0.1, -0.05) is 20.8 Å². The van der Waals surface area contributed by atoms with Crippen LogP contribution in [0.15, 0.2) is 29.2 Å². The second-order valence-corrected chi connectivity index (χ2v) is 9.28. The third-order valence-electron chi connectivity index (χ3n) is 4.59. The molecule has 0 aromatic heterocycles. The quantitative estimate of drug-likeness (QED) is 0.651. The molecule has 1 amide bonds. The van der Waals surface area contributed by atoms with E-state index < -0.39 is 10.0 Å². The van der Waals surface area contributed by atoms with Crippen molar-refractivity contribution >= 4 is 28.3 Å². The van der Waals surface area contributed by atoms with Gasteiger partial charge in [0, 0.05) is 18.7 Å². The topological polar surface area (TPSA) is 87.3 Å². The fraction of sp³-hybridized carbons (Fsp3) is 0.611. The summed E-state index contributed by atoms with van der Waals surface area (Å²) in [5, 5.41) is 6.30. The van der Waals surface area contributed by atoms with Crippen LogP contribution in [0.4, 0.5) is 0 Å². The molecule has 0 atom stereocenters. The molecule has 1 heterocycles. The average Bonchev–Trinajstić information content (AvgIpc) is 2.59. The van der Waals surface area contributed by atoms with Gasteiger partial charge in [-0.05, 0) is 61.5 Å². The lowest BCUT2D eigenvalue weighted by Gasteiger charge is -2.34. The first-order valence-electron chi connectivity index (χ1n) is 8.80. The van der Waals surface area contributed by atoms with Crippen molar-refractivity contribution in [2.75, 3.05) is 26.2 Å². The number of sulfonamides is 1. The van der Waals surface area contributed by atoms with Crippen LogP contribution in [0.5, 0.6) is 0 Å². The highest BCUT2D eigenvalue weighted by Crippen LogP contribution is 2.26. The Hall–Kier alpha value is -1.15. The maximum absolute atomic E-state index is 12.3. The third kappa shape index (κ3) is 6.54. The Labute approximate surface area is 163 Å². The lowest BCUT2D eigenvalue weighted by atomic mass is 9.81. The fourth-order valence-corrected chi connectivity index (χ4v) is 3.96. The SMILES string of the molecule is CC(C)CNS(=O)(=O)c1ccc(C(=O)NCC2(C)CCNCC2)cc1.Cl. The van der Waals surface area contributed by atoms with E-state index in [4.69, 9.17) is 0 Å². The molecule has 0 unspecified atom stereocenters. The molecule has 6 nitrogen and oxygen atoms in total. The Morgan fingerprint density at radius 2 is 1.77 bits per heavy atom. The Bertz CT molecular complexity index is 684. The first kappa shape index (κ1) is 22.9. The summed E-state index contributed by atoms with van der Waals surface area (Å²) in [6, 6.07) is 6.07.